The molecule has 1 aliphatic heterocycles. The van der Waals surface area contributed by atoms with Crippen LogP contribution in [0.2, 0.25) is 0 Å². The van der Waals surface area contributed by atoms with Gasteiger partial charge < -0.3 is 10.6 Å². The molecule has 0 spiro atoms. The number of piperidine rings is 1. The molecular formula is C13H20FN3O2S. The van der Waals surface area contributed by atoms with Crippen molar-refractivity contribution >= 4 is 15.7 Å². The third-order valence-electron chi connectivity index (χ3n) is 3.83. The van der Waals surface area contributed by atoms with Gasteiger partial charge in [-0.25, -0.2) is 17.9 Å². The average molecular weight is 301 g/mol. The number of benzene rings is 1. The van der Waals surface area contributed by atoms with Gasteiger partial charge in [0.15, 0.2) is 0 Å². The SMILES string of the molecule is CC1CCCC(CN)N1c1ccc(S(N)(=O)=O)cc1F. The van der Waals surface area contributed by atoms with E-state index < -0.39 is 15.8 Å². The topological polar surface area (TPSA) is 89.4 Å². The lowest BCUT2D eigenvalue weighted by Crippen LogP contribution is -2.49. The summed E-state index contributed by atoms with van der Waals surface area (Å²) in [6.45, 7) is 2.47. The zero-order valence-corrected chi connectivity index (χ0v) is 12.2. The van der Waals surface area contributed by atoms with Crippen LogP contribution in [-0.4, -0.2) is 27.0 Å². The van der Waals surface area contributed by atoms with Crippen molar-refractivity contribution in [2.24, 2.45) is 10.9 Å². The highest BCUT2D eigenvalue weighted by atomic mass is 32.2. The Morgan fingerprint density at radius 1 is 1.40 bits per heavy atom. The van der Waals surface area contributed by atoms with Gasteiger partial charge in [0, 0.05) is 18.6 Å². The molecule has 0 bridgehead atoms. The summed E-state index contributed by atoms with van der Waals surface area (Å²) in [6.07, 6.45) is 2.94. The largest absolute Gasteiger partial charge is 0.362 e. The molecule has 2 rings (SSSR count). The quantitative estimate of drug-likeness (QED) is 0.877. The first-order valence-corrected chi connectivity index (χ1v) is 8.20. The number of nitrogens with zero attached hydrogens (tertiary/aromatic N) is 1. The highest BCUT2D eigenvalue weighted by Gasteiger charge is 2.29. The highest BCUT2D eigenvalue weighted by Crippen LogP contribution is 2.31. The number of rotatable bonds is 3. The highest BCUT2D eigenvalue weighted by molar-refractivity contribution is 7.89. The lowest BCUT2D eigenvalue weighted by atomic mass is 9.95. The molecule has 5 nitrogen and oxygen atoms in total. The third-order valence-corrected chi connectivity index (χ3v) is 4.74. The molecule has 1 fully saturated rings. The molecule has 0 radical (unpaired) electrons. The molecule has 0 aromatic heterocycles. The van der Waals surface area contributed by atoms with Gasteiger partial charge in [-0.3, -0.25) is 0 Å². The zero-order valence-electron chi connectivity index (χ0n) is 11.4. The maximum Gasteiger partial charge on any atom is 0.238 e. The first-order chi connectivity index (χ1) is 9.34. The Labute approximate surface area is 118 Å². The molecule has 2 unspecified atom stereocenters. The van der Waals surface area contributed by atoms with Crippen molar-refractivity contribution in [3.8, 4) is 0 Å². The molecular weight excluding hydrogens is 281 g/mol. The standard InChI is InChI=1S/C13H20FN3O2S/c1-9-3-2-4-10(8-15)17(9)13-6-5-11(7-12(13)14)20(16,18)19/h5-7,9-10H,2-4,8,15H2,1H3,(H2,16,18,19). The van der Waals surface area contributed by atoms with Crippen molar-refractivity contribution in [1.82, 2.24) is 0 Å². The number of nitrogens with two attached hydrogens (primary N) is 2. The van der Waals surface area contributed by atoms with Crippen LogP contribution in [0.3, 0.4) is 0 Å². The smallest absolute Gasteiger partial charge is 0.238 e. The fourth-order valence-electron chi connectivity index (χ4n) is 2.83. The van der Waals surface area contributed by atoms with Gasteiger partial charge >= 0.3 is 0 Å². The van der Waals surface area contributed by atoms with Gasteiger partial charge in [0.25, 0.3) is 0 Å². The molecule has 2 atom stereocenters. The van der Waals surface area contributed by atoms with Crippen molar-refractivity contribution in [3.05, 3.63) is 24.0 Å². The molecule has 20 heavy (non-hydrogen) atoms. The van der Waals surface area contributed by atoms with Gasteiger partial charge in [-0.1, -0.05) is 0 Å². The number of sulfonamides is 1. The van der Waals surface area contributed by atoms with Crippen LogP contribution in [0.1, 0.15) is 26.2 Å². The van der Waals surface area contributed by atoms with Gasteiger partial charge in [0.05, 0.1) is 10.6 Å². The minimum Gasteiger partial charge on any atom is -0.362 e. The summed E-state index contributed by atoms with van der Waals surface area (Å²) in [5.41, 5.74) is 6.15. The van der Waals surface area contributed by atoms with E-state index in [0.717, 1.165) is 25.3 Å². The maximum absolute atomic E-state index is 14.2. The molecule has 1 aliphatic rings. The third kappa shape index (κ3) is 2.94. The van der Waals surface area contributed by atoms with E-state index in [1.165, 1.54) is 12.1 Å². The van der Waals surface area contributed by atoms with E-state index in [2.05, 4.69) is 0 Å². The van der Waals surface area contributed by atoms with Crippen molar-refractivity contribution in [2.75, 3.05) is 11.4 Å². The number of hydrogen-bond acceptors (Lipinski definition) is 4. The predicted octanol–water partition coefficient (Wildman–Crippen LogP) is 1.18. The summed E-state index contributed by atoms with van der Waals surface area (Å²) in [6, 6.07) is 4.03. The van der Waals surface area contributed by atoms with Crippen molar-refractivity contribution < 1.29 is 12.8 Å². The summed E-state index contributed by atoms with van der Waals surface area (Å²) >= 11 is 0. The first-order valence-electron chi connectivity index (χ1n) is 6.65. The van der Waals surface area contributed by atoms with Gasteiger partial charge in [0.2, 0.25) is 10.0 Å². The van der Waals surface area contributed by atoms with E-state index in [4.69, 9.17) is 10.9 Å². The number of primary sulfonamides is 1. The number of hydrogen-bond donors (Lipinski definition) is 2. The van der Waals surface area contributed by atoms with Crippen LogP contribution in [0.15, 0.2) is 23.1 Å². The summed E-state index contributed by atoms with van der Waals surface area (Å²) in [4.78, 5) is 1.74. The van der Waals surface area contributed by atoms with Crippen molar-refractivity contribution in [1.29, 1.82) is 0 Å². The first kappa shape index (κ1) is 15.2. The fourth-order valence-corrected chi connectivity index (χ4v) is 3.35. The molecule has 4 N–H and O–H groups in total. The Kier molecular flexibility index (Phi) is 4.31. The second kappa shape index (κ2) is 5.67. The average Bonchev–Trinajstić information content (AvgIpc) is 2.38. The summed E-state index contributed by atoms with van der Waals surface area (Å²) < 4.78 is 36.7. The number of halogens is 1. The van der Waals surface area contributed by atoms with Crippen LogP contribution in [-0.2, 0) is 10.0 Å². The second-order valence-corrected chi connectivity index (χ2v) is 6.80. The summed E-state index contributed by atoms with van der Waals surface area (Å²) in [5.74, 6) is -0.580. The molecule has 1 aromatic rings. The Morgan fingerprint density at radius 2 is 2.10 bits per heavy atom. The van der Waals surface area contributed by atoms with E-state index in [9.17, 15) is 12.8 Å². The lowest BCUT2D eigenvalue weighted by Gasteiger charge is -2.42. The van der Waals surface area contributed by atoms with E-state index >= 15 is 0 Å². The van der Waals surface area contributed by atoms with Crippen LogP contribution >= 0.6 is 0 Å². The molecule has 0 saturated carbocycles. The van der Waals surface area contributed by atoms with E-state index in [1.807, 2.05) is 11.8 Å². The minimum atomic E-state index is -3.89. The predicted molar refractivity (Wildman–Crippen MR) is 76.4 cm³/mol. The fraction of sp³-hybridized carbons (Fsp3) is 0.538. The molecule has 0 amide bonds. The van der Waals surface area contributed by atoms with Crippen LogP contribution in [0.5, 0.6) is 0 Å². The molecule has 1 aromatic carbocycles. The van der Waals surface area contributed by atoms with Crippen LogP contribution in [0.4, 0.5) is 10.1 Å². The second-order valence-electron chi connectivity index (χ2n) is 5.23. The van der Waals surface area contributed by atoms with Gasteiger partial charge in [-0.15, -0.1) is 0 Å². The molecule has 1 heterocycles. The summed E-state index contributed by atoms with van der Waals surface area (Å²) in [5, 5.41) is 5.01. The molecule has 0 aliphatic carbocycles. The van der Waals surface area contributed by atoms with Crippen LogP contribution in [0.25, 0.3) is 0 Å². The molecule has 1 saturated heterocycles. The molecule has 112 valence electrons. The Morgan fingerprint density at radius 3 is 2.65 bits per heavy atom. The van der Waals surface area contributed by atoms with Crippen LogP contribution in [0, 0.1) is 5.82 Å². The number of anilines is 1. The maximum atomic E-state index is 14.2. The van der Waals surface area contributed by atoms with Crippen molar-refractivity contribution in [2.45, 2.75) is 43.2 Å². The Hall–Kier alpha value is -1.18. The lowest BCUT2D eigenvalue weighted by molar-refractivity contribution is 0.395. The van der Waals surface area contributed by atoms with Gasteiger partial charge in [0.1, 0.15) is 5.82 Å². The normalized spacial score (nSPS) is 23.9. The minimum absolute atomic E-state index is 0.0774. The monoisotopic (exact) mass is 301 g/mol. The Balaban J connectivity index is 2.41. The van der Waals surface area contributed by atoms with Gasteiger partial charge in [-0.05, 0) is 44.4 Å². The van der Waals surface area contributed by atoms with E-state index in [1.54, 1.807) is 0 Å². The zero-order chi connectivity index (χ0) is 14.9. The van der Waals surface area contributed by atoms with Crippen molar-refractivity contribution in [3.63, 3.8) is 0 Å². The van der Waals surface area contributed by atoms with E-state index in [0.29, 0.717) is 12.2 Å². The molecule has 7 heteroatoms. The van der Waals surface area contributed by atoms with Gasteiger partial charge in [-0.2, -0.15) is 0 Å². The Bertz CT molecular complexity index is 591. The van der Waals surface area contributed by atoms with E-state index in [-0.39, 0.29) is 17.0 Å². The summed E-state index contributed by atoms with van der Waals surface area (Å²) in [7, 11) is -3.89. The van der Waals surface area contributed by atoms with Crippen LogP contribution < -0.4 is 15.8 Å².